The highest BCUT2D eigenvalue weighted by molar-refractivity contribution is 5.11. The molecule has 3 aliphatic rings. The van der Waals surface area contributed by atoms with Gasteiger partial charge in [-0.2, -0.15) is 0 Å². The second kappa shape index (κ2) is 5.71. The Bertz CT molecular complexity index is 481. The number of piperazine rings is 1. The molecule has 1 saturated carbocycles. The molecule has 0 radical (unpaired) electrons. The number of piperidine rings is 1. The predicted octanol–water partition coefficient (Wildman–Crippen LogP) is 1.39. The van der Waals surface area contributed by atoms with Crippen molar-refractivity contribution in [1.82, 2.24) is 19.4 Å². The zero-order chi connectivity index (χ0) is 14.2. The van der Waals surface area contributed by atoms with Crippen molar-refractivity contribution in [2.45, 2.75) is 50.2 Å². The predicted molar refractivity (Wildman–Crippen MR) is 83.1 cm³/mol. The van der Waals surface area contributed by atoms with Crippen LogP contribution < -0.4 is 5.73 Å². The molecule has 4 rings (SSSR count). The lowest BCUT2D eigenvalue weighted by Gasteiger charge is -2.46. The number of aromatic nitrogens is 2. The van der Waals surface area contributed by atoms with E-state index in [2.05, 4.69) is 19.4 Å². The van der Waals surface area contributed by atoms with Crippen LogP contribution in [0, 0.1) is 0 Å². The maximum atomic E-state index is 6.16. The Morgan fingerprint density at radius 1 is 1.14 bits per heavy atom. The Morgan fingerprint density at radius 2 is 2.05 bits per heavy atom. The average Bonchev–Trinajstić information content (AvgIpc) is 3.27. The van der Waals surface area contributed by atoms with Crippen LogP contribution in [0.1, 0.15) is 49.9 Å². The van der Waals surface area contributed by atoms with E-state index in [0.29, 0.717) is 18.6 Å². The molecule has 2 saturated heterocycles. The van der Waals surface area contributed by atoms with E-state index in [0.717, 1.165) is 12.6 Å². The Morgan fingerprint density at radius 3 is 2.86 bits per heavy atom. The first kappa shape index (κ1) is 13.7. The first-order valence-electron chi connectivity index (χ1n) is 8.56. The minimum atomic E-state index is 0.345. The third kappa shape index (κ3) is 2.62. The minimum Gasteiger partial charge on any atom is -0.330 e. The molecule has 1 aromatic heterocycles. The maximum absolute atomic E-state index is 6.16. The van der Waals surface area contributed by atoms with E-state index in [9.17, 15) is 0 Å². The van der Waals surface area contributed by atoms with Gasteiger partial charge in [0.05, 0.1) is 18.1 Å². The molecule has 0 spiro atoms. The van der Waals surface area contributed by atoms with Gasteiger partial charge < -0.3 is 10.3 Å². The molecule has 5 heteroatoms. The molecular weight excluding hydrogens is 262 g/mol. The van der Waals surface area contributed by atoms with Gasteiger partial charge in [-0.3, -0.25) is 9.80 Å². The molecule has 5 nitrogen and oxygen atoms in total. The average molecular weight is 289 g/mol. The number of hydrogen-bond acceptors (Lipinski definition) is 4. The van der Waals surface area contributed by atoms with Gasteiger partial charge >= 0.3 is 0 Å². The van der Waals surface area contributed by atoms with E-state index in [-0.39, 0.29) is 0 Å². The lowest BCUT2D eigenvalue weighted by molar-refractivity contribution is 0.0269. The topological polar surface area (TPSA) is 50.3 Å². The first-order valence-corrected chi connectivity index (χ1v) is 8.56. The number of nitrogens with zero attached hydrogens (tertiary/aromatic N) is 4. The monoisotopic (exact) mass is 289 g/mol. The second-order valence-electron chi connectivity index (χ2n) is 6.89. The van der Waals surface area contributed by atoms with Crippen LogP contribution in [0.4, 0.5) is 0 Å². The summed E-state index contributed by atoms with van der Waals surface area (Å²) in [6, 6.07) is 1.78. The van der Waals surface area contributed by atoms with Crippen LogP contribution in [0.3, 0.4) is 0 Å². The smallest absolute Gasteiger partial charge is 0.0951 e. The van der Waals surface area contributed by atoms with E-state index >= 15 is 0 Å². The van der Waals surface area contributed by atoms with Crippen molar-refractivity contribution >= 4 is 0 Å². The summed E-state index contributed by atoms with van der Waals surface area (Å²) in [5, 5.41) is 0. The number of rotatable bonds is 4. The van der Waals surface area contributed by atoms with E-state index in [1.165, 1.54) is 57.4 Å². The standard InChI is InChI=1S/C16H27N5/c17-9-15(16-10-18-12-21(16)13-4-5-13)20-8-7-19-6-2-1-3-14(19)11-20/h10,12-15H,1-9,11,17H2. The van der Waals surface area contributed by atoms with Gasteiger partial charge in [-0.1, -0.05) is 6.42 Å². The zero-order valence-corrected chi connectivity index (χ0v) is 12.8. The van der Waals surface area contributed by atoms with Gasteiger partial charge in [0.2, 0.25) is 0 Å². The number of hydrogen-bond donors (Lipinski definition) is 1. The molecule has 3 fully saturated rings. The fourth-order valence-corrected chi connectivity index (χ4v) is 4.15. The summed E-state index contributed by atoms with van der Waals surface area (Å²) in [7, 11) is 0. The molecule has 1 aromatic rings. The Hall–Kier alpha value is -0.910. The molecule has 0 aromatic carbocycles. The van der Waals surface area contributed by atoms with Crippen LogP contribution in [0.2, 0.25) is 0 Å². The van der Waals surface area contributed by atoms with Gasteiger partial charge in [-0.15, -0.1) is 0 Å². The molecule has 0 amide bonds. The maximum Gasteiger partial charge on any atom is 0.0951 e. The van der Waals surface area contributed by atoms with Gasteiger partial charge in [0.1, 0.15) is 0 Å². The lowest BCUT2D eigenvalue weighted by Crippen LogP contribution is -2.56. The highest BCUT2D eigenvalue weighted by Crippen LogP contribution is 2.38. The molecule has 2 atom stereocenters. The first-order chi connectivity index (χ1) is 10.4. The Balaban J connectivity index is 1.51. The molecular formula is C16H27N5. The number of fused-ring (bicyclic) bond motifs is 1. The van der Waals surface area contributed by atoms with E-state index in [4.69, 9.17) is 5.73 Å². The Labute approximate surface area is 127 Å². The fraction of sp³-hybridized carbons (Fsp3) is 0.812. The lowest BCUT2D eigenvalue weighted by atomic mass is 9.98. The van der Waals surface area contributed by atoms with Crippen LogP contribution >= 0.6 is 0 Å². The van der Waals surface area contributed by atoms with Gasteiger partial charge in [0.15, 0.2) is 0 Å². The van der Waals surface area contributed by atoms with Crippen molar-refractivity contribution in [2.24, 2.45) is 5.73 Å². The van der Waals surface area contributed by atoms with Gasteiger partial charge in [0.25, 0.3) is 0 Å². The molecule has 2 N–H and O–H groups in total. The normalized spacial score (nSPS) is 29.3. The number of nitrogens with two attached hydrogens (primary N) is 1. The van der Waals surface area contributed by atoms with Crippen molar-refractivity contribution in [1.29, 1.82) is 0 Å². The quantitative estimate of drug-likeness (QED) is 0.910. The van der Waals surface area contributed by atoms with Gasteiger partial charge in [0, 0.05) is 44.5 Å². The summed E-state index contributed by atoms with van der Waals surface area (Å²) in [5.74, 6) is 0. The zero-order valence-electron chi connectivity index (χ0n) is 12.8. The summed E-state index contributed by atoms with van der Waals surface area (Å²) >= 11 is 0. The third-order valence-electron chi connectivity index (χ3n) is 5.51. The largest absolute Gasteiger partial charge is 0.330 e. The fourth-order valence-electron chi connectivity index (χ4n) is 4.15. The summed E-state index contributed by atoms with van der Waals surface area (Å²) in [4.78, 5) is 9.70. The molecule has 3 heterocycles. The molecule has 21 heavy (non-hydrogen) atoms. The van der Waals surface area contributed by atoms with Crippen molar-refractivity contribution in [3.63, 3.8) is 0 Å². The molecule has 0 bridgehead atoms. The van der Waals surface area contributed by atoms with Crippen molar-refractivity contribution in [3.8, 4) is 0 Å². The summed E-state index contributed by atoms with van der Waals surface area (Å²) in [6.07, 6.45) is 10.8. The van der Waals surface area contributed by atoms with Crippen LogP contribution in [0.5, 0.6) is 0 Å². The summed E-state index contributed by atoms with van der Waals surface area (Å²) in [6.45, 7) is 5.53. The third-order valence-corrected chi connectivity index (χ3v) is 5.51. The number of imidazole rings is 1. The van der Waals surface area contributed by atoms with E-state index in [1.807, 2.05) is 12.5 Å². The second-order valence-corrected chi connectivity index (χ2v) is 6.89. The van der Waals surface area contributed by atoms with Crippen molar-refractivity contribution in [3.05, 3.63) is 18.2 Å². The molecule has 2 aliphatic heterocycles. The van der Waals surface area contributed by atoms with Crippen LogP contribution in [0.15, 0.2) is 12.5 Å². The van der Waals surface area contributed by atoms with Crippen LogP contribution in [0.25, 0.3) is 0 Å². The Kier molecular flexibility index (Phi) is 3.73. The van der Waals surface area contributed by atoms with Gasteiger partial charge in [-0.05, 0) is 32.2 Å². The van der Waals surface area contributed by atoms with Crippen LogP contribution in [-0.2, 0) is 0 Å². The van der Waals surface area contributed by atoms with E-state index in [1.54, 1.807) is 0 Å². The summed E-state index contributed by atoms with van der Waals surface area (Å²) in [5.41, 5.74) is 7.49. The van der Waals surface area contributed by atoms with Crippen molar-refractivity contribution < 1.29 is 0 Å². The van der Waals surface area contributed by atoms with E-state index < -0.39 is 0 Å². The SMILES string of the molecule is NCC(c1cncn1C1CC1)N1CCN2CCCCC2C1. The minimum absolute atomic E-state index is 0.345. The van der Waals surface area contributed by atoms with Crippen LogP contribution in [-0.4, -0.2) is 58.1 Å². The highest BCUT2D eigenvalue weighted by atomic mass is 15.3. The molecule has 116 valence electrons. The molecule has 2 unspecified atom stereocenters. The van der Waals surface area contributed by atoms with Gasteiger partial charge in [-0.25, -0.2) is 4.98 Å². The van der Waals surface area contributed by atoms with Crippen molar-refractivity contribution in [2.75, 3.05) is 32.7 Å². The molecule has 1 aliphatic carbocycles. The highest BCUT2D eigenvalue weighted by Gasteiger charge is 2.34. The summed E-state index contributed by atoms with van der Waals surface area (Å²) < 4.78 is 2.38.